The number of carboxylic acid groups (broad SMARTS) is 1. The fourth-order valence-corrected chi connectivity index (χ4v) is 3.10. The van der Waals surface area contributed by atoms with Crippen molar-refractivity contribution in [2.45, 2.75) is 37.9 Å². The predicted octanol–water partition coefficient (Wildman–Crippen LogP) is 2.32. The molecule has 1 fully saturated rings. The lowest BCUT2D eigenvalue weighted by atomic mass is 10.2. The van der Waals surface area contributed by atoms with Crippen LogP contribution in [0.2, 0.25) is 0 Å². The number of thioether (sulfide) groups is 1. The van der Waals surface area contributed by atoms with Crippen molar-refractivity contribution in [2.75, 3.05) is 24.6 Å². The van der Waals surface area contributed by atoms with Gasteiger partial charge in [0.15, 0.2) is 0 Å². The third-order valence-corrected chi connectivity index (χ3v) is 4.15. The van der Waals surface area contributed by atoms with Crippen LogP contribution in [0.3, 0.4) is 0 Å². The average molecular weight is 328 g/mol. The largest absolute Gasteiger partial charge is 0.481 e. The van der Waals surface area contributed by atoms with Gasteiger partial charge in [-0.2, -0.15) is 24.9 Å². The van der Waals surface area contributed by atoms with Gasteiger partial charge in [0, 0.05) is 31.0 Å². The van der Waals surface area contributed by atoms with Gasteiger partial charge in [-0.1, -0.05) is 0 Å². The average Bonchev–Trinajstić information content (AvgIpc) is 2.36. The number of halogens is 3. The molecule has 0 radical (unpaired) electrons. The molecule has 5 nitrogen and oxygen atoms in total. The summed E-state index contributed by atoms with van der Waals surface area (Å²) in [7, 11) is 0. The van der Waals surface area contributed by atoms with E-state index in [-0.39, 0.29) is 31.8 Å². The molecule has 1 saturated heterocycles. The highest BCUT2D eigenvalue weighted by Crippen LogP contribution is 2.22. The van der Waals surface area contributed by atoms with Crippen LogP contribution in [0.5, 0.6) is 0 Å². The molecule has 0 bridgehead atoms. The SMILES string of the molecule is O=C(O)CC1CSCCN1C(=O)NCCCCC(F)(F)F. The Labute approximate surface area is 125 Å². The maximum absolute atomic E-state index is 12.0. The molecule has 122 valence electrons. The molecule has 0 aliphatic carbocycles. The topological polar surface area (TPSA) is 69.6 Å². The van der Waals surface area contributed by atoms with Gasteiger partial charge in [0.25, 0.3) is 0 Å². The van der Waals surface area contributed by atoms with Gasteiger partial charge in [-0.15, -0.1) is 0 Å². The van der Waals surface area contributed by atoms with Gasteiger partial charge in [-0.25, -0.2) is 4.79 Å². The van der Waals surface area contributed by atoms with Gasteiger partial charge in [-0.05, 0) is 12.8 Å². The van der Waals surface area contributed by atoms with Crippen LogP contribution in [0, 0.1) is 0 Å². The Kier molecular flexibility index (Phi) is 7.13. The summed E-state index contributed by atoms with van der Waals surface area (Å²) >= 11 is 1.59. The standard InChI is InChI=1S/C12H19F3N2O3S/c13-12(14,15)3-1-2-4-16-11(20)17-5-6-21-8-9(17)7-10(18)19/h9H,1-8H2,(H,16,20)(H,18,19). The first kappa shape index (κ1) is 17.9. The van der Waals surface area contributed by atoms with Gasteiger partial charge >= 0.3 is 18.2 Å². The number of nitrogens with one attached hydrogen (secondary N) is 1. The third kappa shape index (κ3) is 7.45. The smallest absolute Gasteiger partial charge is 0.389 e. The minimum Gasteiger partial charge on any atom is -0.481 e. The second kappa shape index (κ2) is 8.35. The summed E-state index contributed by atoms with van der Waals surface area (Å²) in [5, 5.41) is 11.4. The first-order valence-electron chi connectivity index (χ1n) is 6.70. The van der Waals surface area contributed by atoms with Gasteiger partial charge in [0.1, 0.15) is 0 Å². The molecular formula is C12H19F3N2O3S. The van der Waals surface area contributed by atoms with E-state index in [1.54, 1.807) is 11.8 Å². The highest BCUT2D eigenvalue weighted by atomic mass is 32.2. The molecule has 1 unspecified atom stereocenters. The Morgan fingerprint density at radius 3 is 2.67 bits per heavy atom. The summed E-state index contributed by atoms with van der Waals surface area (Å²) in [6.07, 6.45) is -4.92. The van der Waals surface area contributed by atoms with Crippen molar-refractivity contribution >= 4 is 23.8 Å². The molecule has 21 heavy (non-hydrogen) atoms. The van der Waals surface area contributed by atoms with E-state index in [0.29, 0.717) is 12.3 Å². The molecule has 1 aliphatic rings. The number of carbonyl (C=O) groups is 2. The summed E-state index contributed by atoms with van der Waals surface area (Å²) in [5.74, 6) is 0.330. The van der Waals surface area contributed by atoms with E-state index in [1.165, 1.54) is 4.90 Å². The molecule has 1 aliphatic heterocycles. The summed E-state index contributed by atoms with van der Waals surface area (Å²) in [5.41, 5.74) is 0. The highest BCUT2D eigenvalue weighted by molar-refractivity contribution is 7.99. The van der Waals surface area contributed by atoms with Crippen LogP contribution in [0.25, 0.3) is 0 Å². The summed E-state index contributed by atoms with van der Waals surface area (Å²) in [6.45, 7) is 0.620. The van der Waals surface area contributed by atoms with Crippen LogP contribution in [0.4, 0.5) is 18.0 Å². The maximum atomic E-state index is 12.0. The lowest BCUT2D eigenvalue weighted by Gasteiger charge is -2.34. The number of hydrogen-bond acceptors (Lipinski definition) is 3. The molecule has 0 aromatic rings. The number of hydrogen-bond donors (Lipinski definition) is 2. The molecule has 0 spiro atoms. The first-order chi connectivity index (χ1) is 9.79. The number of unbranched alkanes of at least 4 members (excludes halogenated alkanes) is 1. The second-order valence-corrected chi connectivity index (χ2v) is 5.97. The molecule has 1 heterocycles. The number of urea groups is 1. The Morgan fingerprint density at radius 1 is 1.33 bits per heavy atom. The minimum absolute atomic E-state index is 0.0296. The van der Waals surface area contributed by atoms with Crippen molar-refractivity contribution in [3.63, 3.8) is 0 Å². The molecule has 0 saturated carbocycles. The van der Waals surface area contributed by atoms with E-state index in [9.17, 15) is 22.8 Å². The molecular weight excluding hydrogens is 309 g/mol. The number of alkyl halides is 3. The van der Waals surface area contributed by atoms with Gasteiger partial charge in [0.05, 0.1) is 12.5 Å². The van der Waals surface area contributed by atoms with E-state index in [4.69, 9.17) is 5.11 Å². The number of nitrogens with zero attached hydrogens (tertiary/aromatic N) is 1. The zero-order valence-corrected chi connectivity index (χ0v) is 12.3. The van der Waals surface area contributed by atoms with Crippen LogP contribution in [0.15, 0.2) is 0 Å². The van der Waals surface area contributed by atoms with Crippen molar-refractivity contribution in [3.8, 4) is 0 Å². The molecule has 2 N–H and O–H groups in total. The van der Waals surface area contributed by atoms with Gasteiger partial charge in [-0.3, -0.25) is 4.79 Å². The van der Waals surface area contributed by atoms with Crippen molar-refractivity contribution in [1.82, 2.24) is 10.2 Å². The van der Waals surface area contributed by atoms with Crippen molar-refractivity contribution in [1.29, 1.82) is 0 Å². The van der Waals surface area contributed by atoms with Crippen molar-refractivity contribution in [2.24, 2.45) is 0 Å². The van der Waals surface area contributed by atoms with Crippen LogP contribution >= 0.6 is 11.8 Å². The zero-order chi connectivity index (χ0) is 15.9. The Hall–Kier alpha value is -1.12. The van der Waals surface area contributed by atoms with Crippen LogP contribution in [-0.4, -0.2) is 58.8 Å². The Balaban J connectivity index is 2.30. The number of amides is 2. The van der Waals surface area contributed by atoms with Gasteiger partial charge < -0.3 is 15.3 Å². The third-order valence-electron chi connectivity index (χ3n) is 3.06. The van der Waals surface area contributed by atoms with E-state index in [1.807, 2.05) is 0 Å². The zero-order valence-electron chi connectivity index (χ0n) is 11.5. The van der Waals surface area contributed by atoms with Gasteiger partial charge in [0.2, 0.25) is 0 Å². The summed E-state index contributed by atoms with van der Waals surface area (Å²) in [4.78, 5) is 24.2. The molecule has 0 aromatic carbocycles. The molecule has 0 aromatic heterocycles. The number of carbonyl (C=O) groups excluding carboxylic acids is 1. The quantitative estimate of drug-likeness (QED) is 0.734. The van der Waals surface area contributed by atoms with Crippen molar-refractivity contribution < 1.29 is 27.9 Å². The van der Waals surface area contributed by atoms with Crippen LogP contribution < -0.4 is 5.32 Å². The maximum Gasteiger partial charge on any atom is 0.389 e. The van der Waals surface area contributed by atoms with E-state index in [0.717, 1.165) is 5.75 Å². The molecule has 2 amide bonds. The lowest BCUT2D eigenvalue weighted by Crippen LogP contribution is -2.51. The summed E-state index contributed by atoms with van der Waals surface area (Å²) in [6, 6.07) is -0.759. The lowest BCUT2D eigenvalue weighted by molar-refractivity contribution is -0.138. The number of rotatable bonds is 6. The normalized spacial score (nSPS) is 19.4. The predicted molar refractivity (Wildman–Crippen MR) is 73.4 cm³/mol. The van der Waals surface area contributed by atoms with Crippen LogP contribution in [0.1, 0.15) is 25.7 Å². The Morgan fingerprint density at radius 2 is 2.05 bits per heavy atom. The monoisotopic (exact) mass is 328 g/mol. The van der Waals surface area contributed by atoms with E-state index < -0.39 is 24.6 Å². The van der Waals surface area contributed by atoms with Crippen LogP contribution in [-0.2, 0) is 4.79 Å². The molecule has 1 atom stereocenters. The number of aliphatic carboxylic acids is 1. The Bertz CT molecular complexity index is 366. The second-order valence-electron chi connectivity index (χ2n) is 4.82. The van der Waals surface area contributed by atoms with E-state index >= 15 is 0 Å². The van der Waals surface area contributed by atoms with Crippen molar-refractivity contribution in [3.05, 3.63) is 0 Å². The summed E-state index contributed by atoms with van der Waals surface area (Å²) < 4.78 is 35.9. The fraction of sp³-hybridized carbons (Fsp3) is 0.833. The number of carboxylic acids is 1. The first-order valence-corrected chi connectivity index (χ1v) is 7.86. The fourth-order valence-electron chi connectivity index (χ4n) is 2.04. The minimum atomic E-state index is -4.17. The molecule has 9 heteroatoms. The van der Waals surface area contributed by atoms with E-state index in [2.05, 4.69) is 5.32 Å². The highest BCUT2D eigenvalue weighted by Gasteiger charge is 2.29. The molecule has 1 rings (SSSR count).